The van der Waals surface area contributed by atoms with Crippen molar-refractivity contribution >= 4 is 5.97 Å². The maximum Gasteiger partial charge on any atom is 0.325 e. The molecule has 0 unspecified atom stereocenters. The van der Waals surface area contributed by atoms with E-state index in [-0.39, 0.29) is 0 Å². The van der Waals surface area contributed by atoms with Crippen molar-refractivity contribution in [3.05, 3.63) is 0 Å². The van der Waals surface area contributed by atoms with Crippen LogP contribution in [0.1, 0.15) is 25.7 Å². The summed E-state index contributed by atoms with van der Waals surface area (Å²) in [4.78, 5) is 11.2. The van der Waals surface area contributed by atoms with Crippen molar-refractivity contribution in [1.82, 2.24) is 0 Å². The van der Waals surface area contributed by atoms with Crippen LogP contribution in [0.2, 0.25) is 0 Å². The van der Waals surface area contributed by atoms with Crippen molar-refractivity contribution in [3.8, 4) is 0 Å². The smallest absolute Gasteiger partial charge is 0.325 e. The van der Waals surface area contributed by atoms with Crippen molar-refractivity contribution in [2.24, 2.45) is 5.73 Å². The summed E-state index contributed by atoms with van der Waals surface area (Å²) in [6, 6.07) is 0. The Morgan fingerprint density at radius 2 is 2.42 bits per heavy atom. The molecule has 4 heteroatoms. The van der Waals surface area contributed by atoms with Crippen LogP contribution in [0.15, 0.2) is 0 Å². The number of nitrogens with two attached hydrogens (primary N) is 1. The minimum Gasteiger partial charge on any atom is -0.468 e. The molecule has 1 rings (SSSR count). The molecule has 2 atom stereocenters. The molecule has 4 nitrogen and oxygen atoms in total. The zero-order valence-corrected chi connectivity index (χ0v) is 7.25. The average molecular weight is 173 g/mol. The number of carbonyl (C=O) groups is 1. The van der Waals surface area contributed by atoms with E-state index in [4.69, 9.17) is 5.73 Å². The number of methoxy groups -OCH3 is 1. The Labute approximate surface area is 71.7 Å². The van der Waals surface area contributed by atoms with Crippen molar-refractivity contribution in [2.45, 2.75) is 37.3 Å². The molecule has 0 aromatic carbocycles. The van der Waals surface area contributed by atoms with E-state index in [1.807, 2.05) is 0 Å². The number of carbonyl (C=O) groups excluding carboxylic acids is 1. The Morgan fingerprint density at radius 3 is 2.92 bits per heavy atom. The molecular formula is C8H15NO3. The van der Waals surface area contributed by atoms with Gasteiger partial charge >= 0.3 is 5.97 Å². The standard InChI is InChI=1S/C8H15NO3/c1-12-7(11)8(9)4-2-3-6(10)5-8/h6,10H,2-5,9H2,1H3/t6-,8-/m0/s1. The maximum atomic E-state index is 11.2. The van der Waals surface area contributed by atoms with E-state index in [0.29, 0.717) is 12.8 Å². The van der Waals surface area contributed by atoms with Gasteiger partial charge in [-0.25, -0.2) is 0 Å². The number of aliphatic hydroxyl groups excluding tert-OH is 1. The monoisotopic (exact) mass is 173 g/mol. The fourth-order valence-corrected chi connectivity index (χ4v) is 1.67. The van der Waals surface area contributed by atoms with Crippen LogP contribution < -0.4 is 5.73 Å². The van der Waals surface area contributed by atoms with Crippen molar-refractivity contribution in [3.63, 3.8) is 0 Å². The molecular weight excluding hydrogens is 158 g/mol. The van der Waals surface area contributed by atoms with Gasteiger partial charge in [0.2, 0.25) is 0 Å². The Hall–Kier alpha value is -0.610. The first-order chi connectivity index (χ1) is 5.58. The number of ether oxygens (including phenoxy) is 1. The Kier molecular flexibility index (Phi) is 2.69. The molecule has 1 aliphatic rings. The molecule has 0 aromatic heterocycles. The number of esters is 1. The molecule has 1 aliphatic carbocycles. The van der Waals surface area contributed by atoms with Gasteiger partial charge in [-0.3, -0.25) is 4.79 Å². The van der Waals surface area contributed by atoms with Crippen LogP contribution in [0.5, 0.6) is 0 Å². The zero-order chi connectivity index (χ0) is 9.19. The Balaban J connectivity index is 2.63. The minimum atomic E-state index is -0.952. The van der Waals surface area contributed by atoms with Gasteiger partial charge in [0.15, 0.2) is 0 Å². The highest BCUT2D eigenvalue weighted by Gasteiger charge is 2.39. The molecule has 0 saturated heterocycles. The normalized spacial score (nSPS) is 36.1. The summed E-state index contributed by atoms with van der Waals surface area (Å²) < 4.78 is 4.57. The van der Waals surface area contributed by atoms with E-state index in [1.165, 1.54) is 7.11 Å². The summed E-state index contributed by atoms with van der Waals surface area (Å²) in [5.41, 5.74) is 4.82. The SMILES string of the molecule is COC(=O)[C@]1(N)CCC[C@H](O)C1. The molecule has 0 spiro atoms. The summed E-state index contributed by atoms with van der Waals surface area (Å²) >= 11 is 0. The minimum absolute atomic E-state index is 0.319. The molecule has 0 aliphatic heterocycles. The first-order valence-corrected chi connectivity index (χ1v) is 4.14. The largest absolute Gasteiger partial charge is 0.468 e. The van der Waals surface area contributed by atoms with Crippen LogP contribution in [0.3, 0.4) is 0 Å². The van der Waals surface area contributed by atoms with Crippen molar-refractivity contribution < 1.29 is 14.6 Å². The van der Waals surface area contributed by atoms with Gasteiger partial charge < -0.3 is 15.6 Å². The number of rotatable bonds is 1. The summed E-state index contributed by atoms with van der Waals surface area (Å²) in [6.07, 6.45) is 1.99. The summed E-state index contributed by atoms with van der Waals surface area (Å²) in [7, 11) is 1.32. The lowest BCUT2D eigenvalue weighted by atomic mass is 9.81. The van der Waals surface area contributed by atoms with Gasteiger partial charge in [-0.05, 0) is 19.3 Å². The number of hydrogen-bond donors (Lipinski definition) is 2. The third kappa shape index (κ3) is 1.76. The van der Waals surface area contributed by atoms with Gasteiger partial charge in [0.25, 0.3) is 0 Å². The fraction of sp³-hybridized carbons (Fsp3) is 0.875. The number of aliphatic hydroxyl groups is 1. The molecule has 0 aromatic rings. The molecule has 0 amide bonds. The zero-order valence-electron chi connectivity index (χ0n) is 7.25. The topological polar surface area (TPSA) is 72.5 Å². The van der Waals surface area contributed by atoms with Crippen LogP contribution in [-0.2, 0) is 9.53 Å². The molecule has 70 valence electrons. The van der Waals surface area contributed by atoms with Crippen LogP contribution in [0, 0.1) is 0 Å². The molecule has 0 heterocycles. The van der Waals surface area contributed by atoms with Crippen molar-refractivity contribution in [1.29, 1.82) is 0 Å². The Morgan fingerprint density at radius 1 is 1.75 bits per heavy atom. The molecule has 3 N–H and O–H groups in total. The summed E-state index contributed by atoms with van der Waals surface area (Å²) in [5.74, 6) is -0.416. The predicted molar refractivity (Wildman–Crippen MR) is 43.4 cm³/mol. The molecule has 1 saturated carbocycles. The van der Waals surface area contributed by atoms with Gasteiger partial charge in [-0.2, -0.15) is 0 Å². The third-order valence-corrected chi connectivity index (χ3v) is 2.35. The van der Waals surface area contributed by atoms with E-state index >= 15 is 0 Å². The highest BCUT2D eigenvalue weighted by Crippen LogP contribution is 2.27. The third-order valence-electron chi connectivity index (χ3n) is 2.35. The summed E-state index contributed by atoms with van der Waals surface area (Å²) in [6.45, 7) is 0. The van der Waals surface area contributed by atoms with E-state index < -0.39 is 17.6 Å². The maximum absolute atomic E-state index is 11.2. The molecule has 1 fully saturated rings. The van der Waals surface area contributed by atoms with Gasteiger partial charge in [-0.15, -0.1) is 0 Å². The van der Waals surface area contributed by atoms with Gasteiger partial charge in [0.1, 0.15) is 5.54 Å². The van der Waals surface area contributed by atoms with Gasteiger partial charge in [0, 0.05) is 6.42 Å². The van der Waals surface area contributed by atoms with Gasteiger partial charge in [-0.1, -0.05) is 0 Å². The highest BCUT2D eigenvalue weighted by atomic mass is 16.5. The van der Waals surface area contributed by atoms with E-state index in [0.717, 1.165) is 12.8 Å². The van der Waals surface area contributed by atoms with Crippen LogP contribution in [-0.4, -0.2) is 29.8 Å². The summed E-state index contributed by atoms with van der Waals surface area (Å²) in [5, 5.41) is 9.30. The van der Waals surface area contributed by atoms with Crippen LogP contribution in [0.4, 0.5) is 0 Å². The second-order valence-electron chi connectivity index (χ2n) is 3.40. The van der Waals surface area contributed by atoms with Crippen LogP contribution >= 0.6 is 0 Å². The van der Waals surface area contributed by atoms with E-state index in [2.05, 4.69) is 4.74 Å². The fourth-order valence-electron chi connectivity index (χ4n) is 1.67. The van der Waals surface area contributed by atoms with Crippen molar-refractivity contribution in [2.75, 3.05) is 7.11 Å². The lowest BCUT2D eigenvalue weighted by Crippen LogP contribution is -2.53. The molecule has 12 heavy (non-hydrogen) atoms. The first kappa shape index (κ1) is 9.48. The molecule has 0 bridgehead atoms. The highest BCUT2D eigenvalue weighted by molar-refractivity contribution is 5.80. The lowest BCUT2D eigenvalue weighted by molar-refractivity contribution is -0.149. The quantitative estimate of drug-likeness (QED) is 0.538. The average Bonchev–Trinajstić information content (AvgIpc) is 2.02. The van der Waals surface area contributed by atoms with E-state index in [1.54, 1.807) is 0 Å². The molecule has 0 radical (unpaired) electrons. The van der Waals surface area contributed by atoms with E-state index in [9.17, 15) is 9.90 Å². The predicted octanol–water partition coefficient (Wildman–Crippen LogP) is -0.208. The van der Waals surface area contributed by atoms with Gasteiger partial charge in [0.05, 0.1) is 13.2 Å². The first-order valence-electron chi connectivity index (χ1n) is 4.14. The second kappa shape index (κ2) is 3.41. The lowest BCUT2D eigenvalue weighted by Gasteiger charge is -2.32. The van der Waals surface area contributed by atoms with Crippen LogP contribution in [0.25, 0.3) is 0 Å². The number of hydrogen-bond acceptors (Lipinski definition) is 4. The Bertz CT molecular complexity index is 183. The second-order valence-corrected chi connectivity index (χ2v) is 3.40.